The standard InChI is InChI=1S/C10H6F3NO4/c1-5(16)6-2-8(10(11,12)13)7(4-15)9(3-6)14(17)18/h2-4H,1H3. The van der Waals surface area contributed by atoms with Gasteiger partial charge in [0, 0.05) is 11.6 Å². The molecule has 0 aliphatic rings. The van der Waals surface area contributed by atoms with Crippen LogP contribution in [0.5, 0.6) is 0 Å². The fourth-order valence-electron chi connectivity index (χ4n) is 1.35. The molecule has 0 aliphatic heterocycles. The highest BCUT2D eigenvalue weighted by Crippen LogP contribution is 2.36. The Bertz CT molecular complexity index is 537. The van der Waals surface area contributed by atoms with Crippen molar-refractivity contribution in [1.82, 2.24) is 0 Å². The Morgan fingerprint density at radius 1 is 1.39 bits per heavy atom. The summed E-state index contributed by atoms with van der Waals surface area (Å²) >= 11 is 0. The van der Waals surface area contributed by atoms with E-state index in [4.69, 9.17) is 0 Å². The second kappa shape index (κ2) is 4.55. The monoisotopic (exact) mass is 261 g/mol. The zero-order valence-corrected chi connectivity index (χ0v) is 8.95. The number of nitrogens with zero attached hydrogens (tertiary/aromatic N) is 1. The summed E-state index contributed by atoms with van der Waals surface area (Å²) in [4.78, 5) is 31.1. The lowest BCUT2D eigenvalue weighted by molar-refractivity contribution is -0.385. The number of halogens is 3. The molecule has 0 atom stereocenters. The molecule has 0 spiro atoms. The zero-order chi connectivity index (χ0) is 14.1. The molecule has 1 rings (SSSR count). The summed E-state index contributed by atoms with van der Waals surface area (Å²) in [6.07, 6.45) is -5.20. The summed E-state index contributed by atoms with van der Waals surface area (Å²) < 4.78 is 37.9. The van der Waals surface area contributed by atoms with Crippen LogP contribution in [-0.2, 0) is 6.18 Å². The smallest absolute Gasteiger partial charge is 0.298 e. The molecule has 0 bridgehead atoms. The number of hydrogen-bond donors (Lipinski definition) is 0. The minimum atomic E-state index is -4.95. The second-order valence-corrected chi connectivity index (χ2v) is 3.39. The van der Waals surface area contributed by atoms with Crippen LogP contribution >= 0.6 is 0 Å². The number of aldehydes is 1. The van der Waals surface area contributed by atoms with Gasteiger partial charge in [0.1, 0.15) is 5.56 Å². The highest BCUT2D eigenvalue weighted by Gasteiger charge is 2.37. The number of nitro groups is 1. The van der Waals surface area contributed by atoms with E-state index in [1.807, 2.05) is 0 Å². The van der Waals surface area contributed by atoms with Crippen molar-refractivity contribution in [2.24, 2.45) is 0 Å². The van der Waals surface area contributed by atoms with Gasteiger partial charge in [0.15, 0.2) is 12.1 Å². The van der Waals surface area contributed by atoms with E-state index in [0.717, 1.165) is 6.92 Å². The molecule has 5 nitrogen and oxygen atoms in total. The Morgan fingerprint density at radius 3 is 2.28 bits per heavy atom. The van der Waals surface area contributed by atoms with E-state index in [-0.39, 0.29) is 6.29 Å². The van der Waals surface area contributed by atoms with Gasteiger partial charge in [-0.25, -0.2) is 0 Å². The van der Waals surface area contributed by atoms with Crippen LogP contribution < -0.4 is 0 Å². The number of benzene rings is 1. The number of alkyl halides is 3. The second-order valence-electron chi connectivity index (χ2n) is 3.39. The molecular weight excluding hydrogens is 255 g/mol. The number of ketones is 1. The molecule has 18 heavy (non-hydrogen) atoms. The van der Waals surface area contributed by atoms with Crippen LogP contribution in [0.4, 0.5) is 18.9 Å². The first kappa shape index (κ1) is 13.8. The van der Waals surface area contributed by atoms with Gasteiger partial charge in [0.05, 0.1) is 10.5 Å². The van der Waals surface area contributed by atoms with Gasteiger partial charge in [-0.2, -0.15) is 13.2 Å². The summed E-state index contributed by atoms with van der Waals surface area (Å²) in [5.41, 5.74) is -4.08. The molecule has 0 aromatic heterocycles. The first-order chi connectivity index (χ1) is 8.18. The molecule has 0 N–H and O–H groups in total. The van der Waals surface area contributed by atoms with E-state index in [1.165, 1.54) is 0 Å². The first-order valence-electron chi connectivity index (χ1n) is 4.54. The minimum Gasteiger partial charge on any atom is -0.298 e. The molecular formula is C10H6F3NO4. The molecule has 0 radical (unpaired) electrons. The highest BCUT2D eigenvalue weighted by atomic mass is 19.4. The van der Waals surface area contributed by atoms with Gasteiger partial charge in [0.2, 0.25) is 0 Å². The van der Waals surface area contributed by atoms with Crippen LogP contribution in [0.3, 0.4) is 0 Å². The number of Topliss-reactive ketones (excluding diaryl/α,β-unsaturated/α-hetero) is 1. The molecule has 0 fully saturated rings. The van der Waals surface area contributed by atoms with Gasteiger partial charge in [-0.3, -0.25) is 19.7 Å². The lowest BCUT2D eigenvalue weighted by atomic mass is 10.00. The van der Waals surface area contributed by atoms with Crippen LogP contribution in [0.2, 0.25) is 0 Å². The quantitative estimate of drug-likeness (QED) is 0.362. The third-order valence-electron chi connectivity index (χ3n) is 2.18. The van der Waals surface area contributed by atoms with Crippen molar-refractivity contribution >= 4 is 17.8 Å². The van der Waals surface area contributed by atoms with Crippen LogP contribution in [0, 0.1) is 10.1 Å². The van der Waals surface area contributed by atoms with Crippen LogP contribution in [-0.4, -0.2) is 17.0 Å². The Hall–Kier alpha value is -2.25. The van der Waals surface area contributed by atoms with E-state index < -0.39 is 39.3 Å². The van der Waals surface area contributed by atoms with E-state index >= 15 is 0 Å². The zero-order valence-electron chi connectivity index (χ0n) is 8.95. The van der Waals surface area contributed by atoms with E-state index in [1.54, 1.807) is 0 Å². The Kier molecular flexibility index (Phi) is 3.49. The maximum atomic E-state index is 12.6. The number of nitro benzene ring substituents is 1. The van der Waals surface area contributed by atoms with Crippen molar-refractivity contribution in [3.63, 3.8) is 0 Å². The summed E-state index contributed by atoms with van der Waals surface area (Å²) in [7, 11) is 0. The molecule has 0 heterocycles. The fourth-order valence-corrected chi connectivity index (χ4v) is 1.35. The van der Waals surface area contributed by atoms with Gasteiger partial charge in [0.25, 0.3) is 5.69 Å². The van der Waals surface area contributed by atoms with Crippen molar-refractivity contribution in [2.45, 2.75) is 13.1 Å². The van der Waals surface area contributed by atoms with Crippen molar-refractivity contribution in [3.05, 3.63) is 38.9 Å². The topological polar surface area (TPSA) is 77.3 Å². The molecule has 96 valence electrons. The summed E-state index contributed by atoms with van der Waals surface area (Å²) in [5, 5.41) is 10.6. The minimum absolute atomic E-state index is 0.245. The molecule has 0 amide bonds. The average molecular weight is 261 g/mol. The lowest BCUT2D eigenvalue weighted by Crippen LogP contribution is -2.13. The Balaban J connectivity index is 3.72. The average Bonchev–Trinajstić information content (AvgIpc) is 2.25. The largest absolute Gasteiger partial charge is 0.417 e. The maximum absolute atomic E-state index is 12.6. The normalized spacial score (nSPS) is 11.1. The fraction of sp³-hybridized carbons (Fsp3) is 0.200. The highest BCUT2D eigenvalue weighted by molar-refractivity contribution is 5.97. The van der Waals surface area contributed by atoms with Crippen LogP contribution in [0.25, 0.3) is 0 Å². The molecule has 0 saturated carbocycles. The van der Waals surface area contributed by atoms with Crippen LogP contribution in [0.15, 0.2) is 12.1 Å². The SMILES string of the molecule is CC(=O)c1cc([N+](=O)[O-])c(C=O)c(C(F)(F)F)c1. The molecule has 1 aromatic rings. The molecule has 0 saturated heterocycles. The van der Waals surface area contributed by atoms with Crippen molar-refractivity contribution < 1.29 is 27.7 Å². The van der Waals surface area contributed by atoms with Gasteiger partial charge >= 0.3 is 6.18 Å². The number of hydrogen-bond acceptors (Lipinski definition) is 4. The van der Waals surface area contributed by atoms with Gasteiger partial charge in [-0.1, -0.05) is 0 Å². The Labute approximate surface area is 98.4 Å². The summed E-state index contributed by atoms with van der Waals surface area (Å²) in [6, 6.07) is 1.08. The van der Waals surface area contributed by atoms with Gasteiger partial charge in [-0.15, -0.1) is 0 Å². The third kappa shape index (κ3) is 2.53. The Morgan fingerprint density at radius 2 is 1.94 bits per heavy atom. The third-order valence-corrected chi connectivity index (χ3v) is 2.18. The maximum Gasteiger partial charge on any atom is 0.417 e. The van der Waals surface area contributed by atoms with Crippen molar-refractivity contribution in [3.8, 4) is 0 Å². The number of carbonyl (C=O) groups excluding carboxylic acids is 2. The van der Waals surface area contributed by atoms with Gasteiger partial charge in [-0.05, 0) is 13.0 Å². The molecule has 8 heteroatoms. The van der Waals surface area contributed by atoms with E-state index in [9.17, 15) is 32.9 Å². The summed E-state index contributed by atoms with van der Waals surface area (Å²) in [6.45, 7) is 0.972. The predicted molar refractivity (Wildman–Crippen MR) is 53.5 cm³/mol. The molecule has 0 aliphatic carbocycles. The van der Waals surface area contributed by atoms with Crippen molar-refractivity contribution in [1.29, 1.82) is 0 Å². The van der Waals surface area contributed by atoms with E-state index in [2.05, 4.69) is 0 Å². The molecule has 1 aromatic carbocycles. The lowest BCUT2D eigenvalue weighted by Gasteiger charge is -2.10. The summed E-state index contributed by atoms with van der Waals surface area (Å²) in [5.74, 6) is -0.763. The predicted octanol–water partition coefficient (Wildman–Crippen LogP) is 2.63. The number of rotatable bonds is 3. The number of carbonyl (C=O) groups is 2. The van der Waals surface area contributed by atoms with Crippen molar-refractivity contribution in [2.75, 3.05) is 0 Å². The van der Waals surface area contributed by atoms with E-state index in [0.29, 0.717) is 12.1 Å². The van der Waals surface area contributed by atoms with Gasteiger partial charge < -0.3 is 0 Å². The van der Waals surface area contributed by atoms with Crippen LogP contribution in [0.1, 0.15) is 33.2 Å². The first-order valence-corrected chi connectivity index (χ1v) is 4.54. The molecule has 0 unspecified atom stereocenters.